The van der Waals surface area contributed by atoms with Crippen LogP contribution in [0.1, 0.15) is 43.6 Å². The zero-order valence-corrected chi connectivity index (χ0v) is 9.72. The van der Waals surface area contributed by atoms with E-state index in [1.807, 2.05) is 0 Å². The van der Waals surface area contributed by atoms with Crippen molar-refractivity contribution in [1.29, 1.82) is 0 Å². The molecular formula is C10H18N4O. The fraction of sp³-hybridized carbons (Fsp3) is 0.700. The van der Waals surface area contributed by atoms with E-state index in [1.165, 1.54) is 0 Å². The lowest BCUT2D eigenvalue weighted by Crippen LogP contribution is -2.28. The quantitative estimate of drug-likeness (QED) is 0.789. The maximum absolute atomic E-state index is 11.5. The first kappa shape index (κ1) is 11.7. The molecule has 1 aromatic rings. The number of amides is 1. The average molecular weight is 210 g/mol. The van der Waals surface area contributed by atoms with E-state index in [1.54, 1.807) is 6.92 Å². The van der Waals surface area contributed by atoms with Gasteiger partial charge in [0.25, 0.3) is 5.91 Å². The van der Waals surface area contributed by atoms with Gasteiger partial charge in [0.15, 0.2) is 0 Å². The molecule has 1 heterocycles. The van der Waals surface area contributed by atoms with E-state index in [-0.39, 0.29) is 17.1 Å². The highest BCUT2D eigenvalue weighted by atomic mass is 16.2. The van der Waals surface area contributed by atoms with Gasteiger partial charge in [-0.05, 0) is 18.8 Å². The second-order valence-electron chi connectivity index (χ2n) is 4.81. The molecule has 1 aromatic heterocycles. The third-order valence-corrected chi connectivity index (χ3v) is 1.96. The maximum atomic E-state index is 11.5. The molecule has 0 bridgehead atoms. The molecule has 0 aliphatic heterocycles. The Morgan fingerprint density at radius 3 is 2.60 bits per heavy atom. The summed E-state index contributed by atoms with van der Waals surface area (Å²) in [6, 6.07) is 0. The normalized spacial score (nSPS) is 11.5. The van der Waals surface area contributed by atoms with Crippen molar-refractivity contribution in [1.82, 2.24) is 20.5 Å². The molecule has 5 nitrogen and oxygen atoms in total. The number of aryl methyl sites for hydroxylation is 1. The summed E-state index contributed by atoms with van der Waals surface area (Å²) in [5.41, 5.74) is 0.224. The Kier molecular flexibility index (Phi) is 3.44. The second kappa shape index (κ2) is 4.42. The van der Waals surface area contributed by atoms with Gasteiger partial charge in [-0.25, -0.2) is 4.98 Å². The summed E-state index contributed by atoms with van der Waals surface area (Å²) in [6.07, 6.45) is 0.933. The number of aromatic amines is 1. The molecule has 0 atom stereocenters. The molecule has 2 N–H and O–H groups in total. The number of hydrogen-bond donors (Lipinski definition) is 2. The Bertz CT molecular complexity index is 337. The van der Waals surface area contributed by atoms with E-state index >= 15 is 0 Å². The number of carbonyl (C=O) groups excluding carboxylic acids is 1. The van der Waals surface area contributed by atoms with Crippen LogP contribution >= 0.6 is 0 Å². The van der Waals surface area contributed by atoms with Crippen molar-refractivity contribution in [2.24, 2.45) is 5.41 Å². The van der Waals surface area contributed by atoms with Crippen molar-refractivity contribution in [3.63, 3.8) is 0 Å². The smallest absolute Gasteiger partial charge is 0.290 e. The van der Waals surface area contributed by atoms with Gasteiger partial charge in [0.05, 0.1) is 0 Å². The van der Waals surface area contributed by atoms with Crippen LogP contribution in [0.4, 0.5) is 0 Å². The number of nitrogens with one attached hydrogen (secondary N) is 2. The van der Waals surface area contributed by atoms with Crippen LogP contribution in [0.25, 0.3) is 0 Å². The van der Waals surface area contributed by atoms with Crippen LogP contribution in [-0.4, -0.2) is 27.6 Å². The summed E-state index contributed by atoms with van der Waals surface area (Å²) < 4.78 is 0. The second-order valence-corrected chi connectivity index (χ2v) is 4.81. The first-order chi connectivity index (χ1) is 6.88. The number of aromatic nitrogens is 3. The van der Waals surface area contributed by atoms with Gasteiger partial charge in [-0.1, -0.05) is 20.8 Å². The highest BCUT2D eigenvalue weighted by Crippen LogP contribution is 2.16. The first-order valence-electron chi connectivity index (χ1n) is 5.06. The Balaban J connectivity index is 2.37. The molecular weight excluding hydrogens is 192 g/mol. The van der Waals surface area contributed by atoms with Gasteiger partial charge in [0.1, 0.15) is 5.82 Å². The molecule has 0 aliphatic carbocycles. The lowest BCUT2D eigenvalue weighted by Gasteiger charge is -2.17. The summed E-state index contributed by atoms with van der Waals surface area (Å²) >= 11 is 0. The highest BCUT2D eigenvalue weighted by Gasteiger charge is 2.13. The monoisotopic (exact) mass is 210 g/mol. The predicted molar refractivity (Wildman–Crippen MR) is 57.5 cm³/mol. The number of hydrogen-bond acceptors (Lipinski definition) is 3. The standard InChI is InChI=1S/C10H18N4O/c1-7-12-8(14-13-7)9(15)11-6-5-10(2,3)4/h5-6H2,1-4H3,(H,11,15)(H,12,13,14). The van der Waals surface area contributed by atoms with E-state index in [9.17, 15) is 4.79 Å². The average Bonchev–Trinajstić information content (AvgIpc) is 2.49. The molecule has 1 amide bonds. The molecule has 0 aliphatic rings. The topological polar surface area (TPSA) is 70.7 Å². The Hall–Kier alpha value is -1.39. The minimum atomic E-state index is -0.219. The highest BCUT2D eigenvalue weighted by molar-refractivity contribution is 5.90. The van der Waals surface area contributed by atoms with Crippen molar-refractivity contribution in [3.8, 4) is 0 Å². The molecule has 0 radical (unpaired) electrons. The fourth-order valence-electron chi connectivity index (χ4n) is 1.07. The molecule has 0 aromatic carbocycles. The van der Waals surface area contributed by atoms with Gasteiger partial charge in [0.2, 0.25) is 5.82 Å². The van der Waals surface area contributed by atoms with Gasteiger partial charge in [-0.2, -0.15) is 0 Å². The van der Waals surface area contributed by atoms with Crippen LogP contribution in [0.3, 0.4) is 0 Å². The van der Waals surface area contributed by atoms with E-state index in [4.69, 9.17) is 0 Å². The molecule has 0 saturated heterocycles. The molecule has 15 heavy (non-hydrogen) atoms. The van der Waals surface area contributed by atoms with Crippen LogP contribution in [0, 0.1) is 12.3 Å². The Morgan fingerprint density at radius 2 is 2.13 bits per heavy atom. The Morgan fingerprint density at radius 1 is 1.47 bits per heavy atom. The largest absolute Gasteiger partial charge is 0.349 e. The molecule has 0 saturated carbocycles. The lowest BCUT2D eigenvalue weighted by molar-refractivity contribution is 0.0939. The molecule has 0 fully saturated rings. The summed E-state index contributed by atoms with van der Waals surface area (Å²) in [5.74, 6) is 0.640. The minimum absolute atomic E-state index is 0.210. The summed E-state index contributed by atoms with van der Waals surface area (Å²) in [4.78, 5) is 15.4. The van der Waals surface area contributed by atoms with Gasteiger partial charge in [-0.3, -0.25) is 9.89 Å². The number of carbonyl (C=O) groups is 1. The van der Waals surface area contributed by atoms with Crippen LogP contribution in [0.15, 0.2) is 0 Å². The lowest BCUT2D eigenvalue weighted by atomic mass is 9.92. The van der Waals surface area contributed by atoms with Crippen LogP contribution in [-0.2, 0) is 0 Å². The molecule has 0 unspecified atom stereocenters. The summed E-state index contributed by atoms with van der Waals surface area (Å²) in [7, 11) is 0. The van der Waals surface area contributed by atoms with Gasteiger partial charge >= 0.3 is 0 Å². The zero-order valence-electron chi connectivity index (χ0n) is 9.72. The fourth-order valence-corrected chi connectivity index (χ4v) is 1.07. The van der Waals surface area contributed by atoms with Crippen molar-refractivity contribution in [2.75, 3.05) is 6.54 Å². The summed E-state index contributed by atoms with van der Waals surface area (Å²) in [6.45, 7) is 8.82. The third-order valence-electron chi connectivity index (χ3n) is 1.96. The van der Waals surface area contributed by atoms with Crippen molar-refractivity contribution in [2.45, 2.75) is 34.1 Å². The number of rotatable bonds is 3. The zero-order chi connectivity index (χ0) is 11.5. The predicted octanol–water partition coefficient (Wildman–Crippen LogP) is 1.28. The van der Waals surface area contributed by atoms with Crippen molar-refractivity contribution in [3.05, 3.63) is 11.6 Å². The van der Waals surface area contributed by atoms with Gasteiger partial charge in [-0.15, -0.1) is 5.10 Å². The molecule has 1 rings (SSSR count). The van der Waals surface area contributed by atoms with Gasteiger partial charge < -0.3 is 5.32 Å². The Labute approximate surface area is 89.7 Å². The number of H-pyrrole nitrogens is 1. The SMILES string of the molecule is Cc1nc(C(=O)NCCC(C)(C)C)n[nH]1. The molecule has 5 heteroatoms. The summed E-state index contributed by atoms with van der Waals surface area (Å²) in [5, 5.41) is 9.20. The first-order valence-corrected chi connectivity index (χ1v) is 5.06. The molecule has 0 spiro atoms. The van der Waals surface area contributed by atoms with Crippen LogP contribution in [0.2, 0.25) is 0 Å². The van der Waals surface area contributed by atoms with Crippen LogP contribution in [0.5, 0.6) is 0 Å². The minimum Gasteiger partial charge on any atom is -0.349 e. The van der Waals surface area contributed by atoms with Crippen LogP contribution < -0.4 is 5.32 Å². The van der Waals surface area contributed by atoms with Gasteiger partial charge in [0, 0.05) is 6.54 Å². The molecule has 84 valence electrons. The van der Waals surface area contributed by atoms with E-state index < -0.39 is 0 Å². The maximum Gasteiger partial charge on any atom is 0.290 e. The van der Waals surface area contributed by atoms with Crippen molar-refractivity contribution < 1.29 is 4.79 Å². The third kappa shape index (κ3) is 4.10. The van der Waals surface area contributed by atoms with Crippen molar-refractivity contribution >= 4 is 5.91 Å². The van der Waals surface area contributed by atoms with E-state index in [0.29, 0.717) is 12.4 Å². The van der Waals surface area contributed by atoms with E-state index in [2.05, 4.69) is 41.3 Å². The number of nitrogens with zero attached hydrogens (tertiary/aromatic N) is 2. The van der Waals surface area contributed by atoms with E-state index in [0.717, 1.165) is 6.42 Å².